The molecule has 2 N–H and O–H groups in total. The highest BCUT2D eigenvalue weighted by atomic mass is 79.9. The van der Waals surface area contributed by atoms with Gasteiger partial charge < -0.3 is 15.3 Å². The Balaban J connectivity index is 1.57. The monoisotopic (exact) mass is 408 g/mol. The molecule has 3 rings (SSSR count). The van der Waals surface area contributed by atoms with Gasteiger partial charge in [-0.15, -0.1) is 0 Å². The van der Waals surface area contributed by atoms with Gasteiger partial charge in [0.1, 0.15) is 23.8 Å². The van der Waals surface area contributed by atoms with Crippen LogP contribution in [-0.2, 0) is 6.42 Å². The first-order chi connectivity index (χ1) is 12.2. The van der Waals surface area contributed by atoms with Gasteiger partial charge in [-0.1, -0.05) is 6.07 Å². The normalized spacial score (nSPS) is 17.6. The predicted octanol–water partition coefficient (Wildman–Crippen LogP) is 3.24. The summed E-state index contributed by atoms with van der Waals surface area (Å²) in [6.45, 7) is 2.71. The van der Waals surface area contributed by atoms with Crippen LogP contribution in [0.3, 0.4) is 0 Å². The molecular formula is C18H22BrFN4O. The van der Waals surface area contributed by atoms with Crippen LogP contribution in [0.4, 0.5) is 16.0 Å². The molecule has 1 fully saturated rings. The van der Waals surface area contributed by atoms with E-state index in [2.05, 4.69) is 36.1 Å². The number of rotatable bonds is 6. The molecule has 0 spiro atoms. The number of hydrogen-bond donors (Lipinski definition) is 2. The number of piperidine rings is 1. The highest BCUT2D eigenvalue weighted by Gasteiger charge is 2.20. The van der Waals surface area contributed by atoms with Crippen molar-refractivity contribution in [3.05, 3.63) is 46.4 Å². The Morgan fingerprint density at radius 3 is 3.00 bits per heavy atom. The van der Waals surface area contributed by atoms with Gasteiger partial charge in [0.25, 0.3) is 0 Å². The zero-order chi connectivity index (χ0) is 17.6. The number of aromatic nitrogens is 2. The fourth-order valence-electron chi connectivity index (χ4n) is 3.07. The third kappa shape index (κ3) is 4.89. The lowest BCUT2D eigenvalue weighted by molar-refractivity contribution is 0.208. The van der Waals surface area contributed by atoms with Crippen molar-refractivity contribution in [1.82, 2.24) is 9.97 Å². The van der Waals surface area contributed by atoms with E-state index in [-0.39, 0.29) is 12.4 Å². The lowest BCUT2D eigenvalue weighted by atomic mass is 9.99. The molecule has 0 amide bonds. The van der Waals surface area contributed by atoms with E-state index in [0.717, 1.165) is 49.6 Å². The SMILES string of the molecule is OCC1CCCN(c2cc(NCCc3ccc(F)c(Br)c3)ncn2)C1. The molecule has 2 heterocycles. The summed E-state index contributed by atoms with van der Waals surface area (Å²) in [5.74, 6) is 1.73. The molecule has 134 valence electrons. The zero-order valence-electron chi connectivity index (χ0n) is 14.0. The molecule has 1 aliphatic rings. The maximum atomic E-state index is 13.3. The fourth-order valence-corrected chi connectivity index (χ4v) is 3.50. The van der Waals surface area contributed by atoms with E-state index in [1.165, 1.54) is 6.07 Å². The van der Waals surface area contributed by atoms with Crippen molar-refractivity contribution >= 4 is 27.6 Å². The van der Waals surface area contributed by atoms with Crippen molar-refractivity contribution in [3.8, 4) is 0 Å². The van der Waals surface area contributed by atoms with Gasteiger partial charge in [0.05, 0.1) is 4.47 Å². The Morgan fingerprint density at radius 2 is 2.20 bits per heavy atom. The Labute approximate surface area is 155 Å². The van der Waals surface area contributed by atoms with Crippen molar-refractivity contribution in [2.24, 2.45) is 5.92 Å². The summed E-state index contributed by atoms with van der Waals surface area (Å²) in [6.07, 6.45) is 4.47. The summed E-state index contributed by atoms with van der Waals surface area (Å²) < 4.78 is 13.7. The average Bonchev–Trinajstić information content (AvgIpc) is 2.65. The number of hydrogen-bond acceptors (Lipinski definition) is 5. The number of halogens is 2. The average molecular weight is 409 g/mol. The molecule has 1 aromatic heterocycles. The summed E-state index contributed by atoms with van der Waals surface area (Å²) in [6, 6.07) is 7.00. The van der Waals surface area contributed by atoms with Crippen molar-refractivity contribution in [1.29, 1.82) is 0 Å². The standard InChI is InChI=1S/C18H22BrFN4O/c19-15-8-13(3-4-16(15)20)5-6-21-17-9-18(23-12-22-17)24-7-1-2-14(10-24)11-25/h3-4,8-9,12,14,25H,1-2,5-7,10-11H2,(H,21,22,23). The molecule has 1 unspecified atom stereocenters. The van der Waals surface area contributed by atoms with Gasteiger partial charge in [0.15, 0.2) is 0 Å². The minimum Gasteiger partial charge on any atom is -0.396 e. The second-order valence-electron chi connectivity index (χ2n) is 6.32. The van der Waals surface area contributed by atoms with Crippen LogP contribution in [0.2, 0.25) is 0 Å². The summed E-state index contributed by atoms with van der Waals surface area (Å²) in [4.78, 5) is 10.8. The summed E-state index contributed by atoms with van der Waals surface area (Å²) in [7, 11) is 0. The van der Waals surface area contributed by atoms with Crippen LogP contribution in [0.15, 0.2) is 35.1 Å². The molecule has 0 saturated carbocycles. The molecule has 0 radical (unpaired) electrons. The lowest BCUT2D eigenvalue weighted by Crippen LogP contribution is -2.37. The van der Waals surface area contributed by atoms with Crippen molar-refractivity contribution in [2.75, 3.05) is 36.5 Å². The van der Waals surface area contributed by atoms with E-state index >= 15 is 0 Å². The van der Waals surface area contributed by atoms with Crippen LogP contribution >= 0.6 is 15.9 Å². The minimum absolute atomic E-state index is 0.222. The predicted molar refractivity (Wildman–Crippen MR) is 100 cm³/mol. The van der Waals surface area contributed by atoms with E-state index in [0.29, 0.717) is 16.9 Å². The quantitative estimate of drug-likeness (QED) is 0.767. The number of aliphatic hydroxyl groups excluding tert-OH is 1. The second kappa shape index (κ2) is 8.58. The van der Waals surface area contributed by atoms with E-state index in [1.54, 1.807) is 18.5 Å². The molecule has 1 aromatic carbocycles. The van der Waals surface area contributed by atoms with Crippen molar-refractivity contribution in [2.45, 2.75) is 19.3 Å². The van der Waals surface area contributed by atoms with Gasteiger partial charge >= 0.3 is 0 Å². The Hall–Kier alpha value is -1.73. The zero-order valence-corrected chi connectivity index (χ0v) is 15.5. The van der Waals surface area contributed by atoms with E-state index in [4.69, 9.17) is 0 Å². The first-order valence-corrected chi connectivity index (χ1v) is 9.30. The van der Waals surface area contributed by atoms with Crippen molar-refractivity contribution < 1.29 is 9.50 Å². The molecule has 2 aromatic rings. The van der Waals surface area contributed by atoms with Crippen LogP contribution in [0.25, 0.3) is 0 Å². The topological polar surface area (TPSA) is 61.3 Å². The van der Waals surface area contributed by atoms with Crippen LogP contribution in [0.5, 0.6) is 0 Å². The molecule has 5 nitrogen and oxygen atoms in total. The summed E-state index contributed by atoms with van der Waals surface area (Å²) in [5, 5.41) is 12.7. The number of aliphatic hydroxyl groups is 1. The van der Waals surface area contributed by atoms with Gasteiger partial charge in [-0.05, 0) is 58.8 Å². The van der Waals surface area contributed by atoms with Crippen LogP contribution in [0.1, 0.15) is 18.4 Å². The molecule has 7 heteroatoms. The van der Waals surface area contributed by atoms with E-state index in [1.807, 2.05) is 6.07 Å². The van der Waals surface area contributed by atoms with Gasteiger partial charge in [-0.25, -0.2) is 14.4 Å². The first-order valence-electron chi connectivity index (χ1n) is 8.51. The fraction of sp³-hybridized carbons (Fsp3) is 0.444. The van der Waals surface area contributed by atoms with E-state index < -0.39 is 0 Å². The molecule has 1 aliphatic heterocycles. The van der Waals surface area contributed by atoms with Gasteiger partial charge in [-0.3, -0.25) is 0 Å². The van der Waals surface area contributed by atoms with Crippen LogP contribution in [0, 0.1) is 11.7 Å². The summed E-state index contributed by atoms with van der Waals surface area (Å²) in [5.41, 5.74) is 1.05. The second-order valence-corrected chi connectivity index (χ2v) is 7.18. The molecule has 1 saturated heterocycles. The van der Waals surface area contributed by atoms with E-state index in [9.17, 15) is 9.50 Å². The smallest absolute Gasteiger partial charge is 0.137 e. The first kappa shape index (κ1) is 18.1. The number of benzene rings is 1. The molecule has 25 heavy (non-hydrogen) atoms. The highest BCUT2D eigenvalue weighted by molar-refractivity contribution is 9.10. The Kier molecular flexibility index (Phi) is 6.20. The highest BCUT2D eigenvalue weighted by Crippen LogP contribution is 2.22. The third-order valence-electron chi connectivity index (χ3n) is 4.46. The van der Waals surface area contributed by atoms with Gasteiger partial charge in [-0.2, -0.15) is 0 Å². The summed E-state index contributed by atoms with van der Waals surface area (Å²) >= 11 is 3.21. The Bertz CT molecular complexity index is 715. The maximum Gasteiger partial charge on any atom is 0.137 e. The number of nitrogens with zero attached hydrogens (tertiary/aromatic N) is 3. The molecular weight excluding hydrogens is 387 g/mol. The van der Waals surface area contributed by atoms with Gasteiger partial charge in [0.2, 0.25) is 0 Å². The maximum absolute atomic E-state index is 13.3. The minimum atomic E-state index is -0.250. The number of nitrogens with one attached hydrogen (secondary N) is 1. The third-order valence-corrected chi connectivity index (χ3v) is 5.07. The molecule has 1 atom stereocenters. The lowest BCUT2D eigenvalue weighted by Gasteiger charge is -2.32. The van der Waals surface area contributed by atoms with Crippen LogP contribution < -0.4 is 10.2 Å². The van der Waals surface area contributed by atoms with Crippen LogP contribution in [-0.4, -0.2) is 41.3 Å². The van der Waals surface area contributed by atoms with Gasteiger partial charge in [0, 0.05) is 32.3 Å². The molecule has 0 bridgehead atoms. The largest absolute Gasteiger partial charge is 0.396 e. The number of anilines is 2. The Morgan fingerprint density at radius 1 is 1.32 bits per heavy atom. The molecule has 0 aliphatic carbocycles. The van der Waals surface area contributed by atoms with Crippen molar-refractivity contribution in [3.63, 3.8) is 0 Å².